The molecule has 0 aromatic rings. The Morgan fingerprint density at radius 2 is 2.31 bits per heavy atom. The summed E-state index contributed by atoms with van der Waals surface area (Å²) < 4.78 is 0. The number of carbonyl (C=O) groups excluding carboxylic acids is 1. The van der Waals surface area contributed by atoms with E-state index in [2.05, 4.69) is 0 Å². The Bertz CT molecular complexity index is 290. The van der Waals surface area contributed by atoms with Gasteiger partial charge < -0.3 is 10.0 Å². The van der Waals surface area contributed by atoms with Crippen molar-refractivity contribution in [3.8, 4) is 6.07 Å². The molecule has 0 aliphatic carbocycles. The minimum absolute atomic E-state index is 0.0374. The van der Waals surface area contributed by atoms with Gasteiger partial charge in [0, 0.05) is 12.5 Å². The quantitative estimate of drug-likeness (QED) is 0.611. The molecule has 4 heteroatoms. The van der Waals surface area contributed by atoms with Crippen LogP contribution in [0.2, 0.25) is 0 Å². The molecule has 0 radical (unpaired) electrons. The lowest BCUT2D eigenvalue weighted by atomic mass is 9.96. The zero-order valence-electron chi connectivity index (χ0n) is 7.69. The Kier molecular flexibility index (Phi) is 2.57. The van der Waals surface area contributed by atoms with Crippen molar-refractivity contribution < 1.29 is 9.90 Å². The number of aliphatic hydroxyl groups is 1. The molecule has 0 bridgehead atoms. The van der Waals surface area contributed by atoms with Crippen molar-refractivity contribution in [1.29, 1.82) is 5.26 Å². The Morgan fingerprint density at radius 1 is 1.69 bits per heavy atom. The van der Waals surface area contributed by atoms with Crippen molar-refractivity contribution >= 4 is 6.41 Å². The summed E-state index contributed by atoms with van der Waals surface area (Å²) in [7, 11) is 0. The van der Waals surface area contributed by atoms with E-state index < -0.39 is 0 Å². The number of nitriles is 1. The van der Waals surface area contributed by atoms with Crippen molar-refractivity contribution in [1.82, 2.24) is 4.90 Å². The molecule has 70 valence electrons. The lowest BCUT2D eigenvalue weighted by Crippen LogP contribution is -2.44. The molecule has 0 spiro atoms. The first-order valence-electron chi connectivity index (χ1n) is 4.16. The molecule has 1 amide bonds. The van der Waals surface area contributed by atoms with E-state index >= 15 is 0 Å². The standard InChI is InChI=1S/C9H12N2O2/c1-6-3-9(13)8(4-10)7(2)11(6)5-12/h5-7,13H,3H2,1-2H3/t6-,7+/m1/s1. The van der Waals surface area contributed by atoms with Crippen LogP contribution >= 0.6 is 0 Å². The molecule has 0 aromatic heterocycles. The molecule has 1 rings (SSSR count). The zero-order chi connectivity index (χ0) is 10.0. The van der Waals surface area contributed by atoms with Crippen LogP contribution in [-0.2, 0) is 4.79 Å². The Balaban J connectivity index is 3.03. The second kappa shape index (κ2) is 3.48. The summed E-state index contributed by atoms with van der Waals surface area (Å²) in [6.07, 6.45) is 1.09. The first-order valence-corrected chi connectivity index (χ1v) is 4.16. The molecule has 1 N–H and O–H groups in total. The van der Waals surface area contributed by atoms with E-state index in [0.717, 1.165) is 6.41 Å². The predicted molar refractivity (Wildman–Crippen MR) is 46.7 cm³/mol. The van der Waals surface area contributed by atoms with Crippen LogP contribution in [0.3, 0.4) is 0 Å². The second-order valence-corrected chi connectivity index (χ2v) is 3.25. The number of aliphatic hydroxyl groups excluding tert-OH is 1. The predicted octanol–water partition coefficient (Wildman–Crippen LogP) is 0.961. The van der Waals surface area contributed by atoms with E-state index in [1.54, 1.807) is 6.92 Å². The van der Waals surface area contributed by atoms with Crippen molar-refractivity contribution in [3.05, 3.63) is 11.3 Å². The van der Waals surface area contributed by atoms with Gasteiger partial charge in [0.25, 0.3) is 0 Å². The molecule has 0 fully saturated rings. The summed E-state index contributed by atoms with van der Waals surface area (Å²) in [6.45, 7) is 3.58. The van der Waals surface area contributed by atoms with Crippen LogP contribution in [-0.4, -0.2) is 28.5 Å². The summed E-state index contributed by atoms with van der Waals surface area (Å²) in [5.74, 6) is 0.112. The number of nitrogens with zero attached hydrogens (tertiary/aromatic N) is 2. The highest BCUT2D eigenvalue weighted by atomic mass is 16.3. The Labute approximate surface area is 77.1 Å². The van der Waals surface area contributed by atoms with Gasteiger partial charge in [-0.1, -0.05) is 0 Å². The molecule has 0 saturated carbocycles. The van der Waals surface area contributed by atoms with Gasteiger partial charge in [-0.15, -0.1) is 0 Å². The number of amides is 1. The third kappa shape index (κ3) is 1.50. The normalized spacial score (nSPS) is 28.5. The van der Waals surface area contributed by atoms with Gasteiger partial charge in [0.2, 0.25) is 6.41 Å². The van der Waals surface area contributed by atoms with Crippen molar-refractivity contribution in [2.45, 2.75) is 32.4 Å². The van der Waals surface area contributed by atoms with E-state index in [9.17, 15) is 9.90 Å². The fourth-order valence-corrected chi connectivity index (χ4v) is 1.62. The van der Waals surface area contributed by atoms with Gasteiger partial charge in [-0.05, 0) is 13.8 Å². The molecular weight excluding hydrogens is 168 g/mol. The molecule has 1 aliphatic rings. The SMILES string of the molecule is C[C@@H]1CC(O)=C(C#N)[C@H](C)N1C=O. The van der Waals surface area contributed by atoms with E-state index in [1.807, 2.05) is 13.0 Å². The minimum atomic E-state index is -0.314. The largest absolute Gasteiger partial charge is 0.511 e. The molecular formula is C9H12N2O2. The lowest BCUT2D eigenvalue weighted by Gasteiger charge is -2.35. The van der Waals surface area contributed by atoms with Crippen molar-refractivity contribution in [2.24, 2.45) is 0 Å². The monoisotopic (exact) mass is 180 g/mol. The molecule has 0 saturated heterocycles. The van der Waals surface area contributed by atoms with Crippen molar-refractivity contribution in [3.63, 3.8) is 0 Å². The van der Waals surface area contributed by atoms with Crippen LogP contribution in [0.4, 0.5) is 0 Å². The van der Waals surface area contributed by atoms with Gasteiger partial charge >= 0.3 is 0 Å². The number of hydrogen-bond acceptors (Lipinski definition) is 3. The molecule has 1 heterocycles. The molecule has 13 heavy (non-hydrogen) atoms. The maximum atomic E-state index is 10.7. The summed E-state index contributed by atoms with van der Waals surface area (Å²) in [4.78, 5) is 12.2. The molecule has 1 aliphatic heterocycles. The number of carbonyl (C=O) groups is 1. The fraction of sp³-hybridized carbons (Fsp3) is 0.556. The van der Waals surface area contributed by atoms with Gasteiger partial charge in [0.05, 0.1) is 11.6 Å². The first kappa shape index (κ1) is 9.59. The van der Waals surface area contributed by atoms with E-state index in [-0.39, 0.29) is 17.8 Å². The minimum Gasteiger partial charge on any atom is -0.511 e. The lowest BCUT2D eigenvalue weighted by molar-refractivity contribution is -0.121. The Hall–Kier alpha value is -1.50. The van der Waals surface area contributed by atoms with Gasteiger partial charge in [0.15, 0.2) is 0 Å². The molecule has 0 aromatic carbocycles. The highest BCUT2D eigenvalue weighted by molar-refractivity contribution is 5.52. The molecule has 0 unspecified atom stereocenters. The maximum absolute atomic E-state index is 10.7. The summed E-state index contributed by atoms with van der Waals surface area (Å²) in [5.41, 5.74) is 0.296. The second-order valence-electron chi connectivity index (χ2n) is 3.25. The van der Waals surface area contributed by atoms with Gasteiger partial charge in [-0.25, -0.2) is 0 Å². The average molecular weight is 180 g/mol. The topological polar surface area (TPSA) is 64.3 Å². The van der Waals surface area contributed by atoms with Crippen molar-refractivity contribution in [2.75, 3.05) is 0 Å². The van der Waals surface area contributed by atoms with Crippen LogP contribution in [0.5, 0.6) is 0 Å². The summed E-state index contributed by atoms with van der Waals surface area (Å²) in [6, 6.07) is 1.57. The van der Waals surface area contributed by atoms with E-state index in [0.29, 0.717) is 12.0 Å². The zero-order valence-corrected chi connectivity index (χ0v) is 7.69. The van der Waals surface area contributed by atoms with Crippen LogP contribution in [0.25, 0.3) is 0 Å². The number of hydrogen-bond donors (Lipinski definition) is 1. The third-order valence-electron chi connectivity index (χ3n) is 2.42. The van der Waals surface area contributed by atoms with E-state index in [4.69, 9.17) is 5.26 Å². The van der Waals surface area contributed by atoms with Gasteiger partial charge in [-0.2, -0.15) is 5.26 Å². The fourth-order valence-electron chi connectivity index (χ4n) is 1.62. The Morgan fingerprint density at radius 3 is 2.77 bits per heavy atom. The highest BCUT2D eigenvalue weighted by Gasteiger charge is 2.30. The van der Waals surface area contributed by atoms with Crippen LogP contribution in [0, 0.1) is 11.3 Å². The summed E-state index contributed by atoms with van der Waals surface area (Å²) >= 11 is 0. The molecule has 4 nitrogen and oxygen atoms in total. The molecule has 2 atom stereocenters. The van der Waals surface area contributed by atoms with E-state index in [1.165, 1.54) is 4.90 Å². The third-order valence-corrected chi connectivity index (χ3v) is 2.42. The summed E-state index contributed by atoms with van der Waals surface area (Å²) in [5, 5.41) is 18.2. The van der Waals surface area contributed by atoms with Crippen LogP contribution in [0.1, 0.15) is 20.3 Å². The highest BCUT2D eigenvalue weighted by Crippen LogP contribution is 2.24. The van der Waals surface area contributed by atoms with Crippen LogP contribution in [0.15, 0.2) is 11.3 Å². The average Bonchev–Trinajstić information content (AvgIpc) is 2.04. The van der Waals surface area contributed by atoms with Gasteiger partial charge in [0.1, 0.15) is 11.8 Å². The maximum Gasteiger partial charge on any atom is 0.210 e. The number of rotatable bonds is 1. The van der Waals surface area contributed by atoms with Gasteiger partial charge in [-0.3, -0.25) is 4.79 Å². The smallest absolute Gasteiger partial charge is 0.210 e. The van der Waals surface area contributed by atoms with Crippen LogP contribution < -0.4 is 0 Å². The first-order chi connectivity index (χ1) is 6.11.